The minimum absolute atomic E-state index is 0.637. The molecule has 2 aromatic rings. The maximum absolute atomic E-state index is 4.32. The van der Waals surface area contributed by atoms with Crippen LogP contribution in [0, 0.1) is 0 Å². The predicted molar refractivity (Wildman–Crippen MR) is 70.3 cm³/mol. The zero-order valence-electron chi connectivity index (χ0n) is 9.52. The van der Waals surface area contributed by atoms with Gasteiger partial charge >= 0.3 is 0 Å². The second-order valence-corrected chi connectivity index (χ2v) is 4.38. The monoisotopic (exact) mass is 292 g/mol. The lowest BCUT2D eigenvalue weighted by molar-refractivity contribution is 0.721. The zero-order valence-corrected chi connectivity index (χ0v) is 11.1. The topological polar surface area (TPSA) is 50.7 Å². The van der Waals surface area contributed by atoms with E-state index < -0.39 is 0 Å². The van der Waals surface area contributed by atoms with Gasteiger partial charge in [0.05, 0.1) is 0 Å². The summed E-state index contributed by atoms with van der Waals surface area (Å²) in [5, 5.41) is 3.23. The van der Waals surface area contributed by atoms with E-state index in [-0.39, 0.29) is 0 Å². The molecule has 0 bridgehead atoms. The first-order chi connectivity index (χ1) is 8.31. The highest BCUT2D eigenvalue weighted by Gasteiger charge is 2.06. The Balaban J connectivity index is 2.21. The molecule has 0 atom stereocenters. The number of halogens is 1. The first-order valence-electron chi connectivity index (χ1n) is 5.43. The standard InChI is InChI=1S/C12H13BrN4/c1-2-14-6-9-7-16-12(17-8-9)11-10(13)4-3-5-15-11/h3-5,7-8,14H,2,6H2,1H3. The first-order valence-corrected chi connectivity index (χ1v) is 6.23. The van der Waals surface area contributed by atoms with Gasteiger partial charge in [-0.3, -0.25) is 4.98 Å². The summed E-state index contributed by atoms with van der Waals surface area (Å²) in [6, 6.07) is 3.80. The van der Waals surface area contributed by atoms with Gasteiger partial charge in [0.25, 0.3) is 0 Å². The summed E-state index contributed by atoms with van der Waals surface area (Å²) in [6.07, 6.45) is 5.38. The molecule has 17 heavy (non-hydrogen) atoms. The molecule has 4 nitrogen and oxygen atoms in total. The lowest BCUT2D eigenvalue weighted by atomic mass is 10.3. The summed E-state index contributed by atoms with van der Waals surface area (Å²) in [5.41, 5.74) is 1.84. The van der Waals surface area contributed by atoms with E-state index in [1.807, 2.05) is 24.5 Å². The molecule has 88 valence electrons. The Morgan fingerprint density at radius 1 is 1.24 bits per heavy atom. The molecule has 0 saturated heterocycles. The summed E-state index contributed by atoms with van der Waals surface area (Å²) < 4.78 is 0.902. The molecule has 0 spiro atoms. The van der Waals surface area contributed by atoms with E-state index in [1.165, 1.54) is 0 Å². The maximum Gasteiger partial charge on any atom is 0.179 e. The highest BCUT2D eigenvalue weighted by molar-refractivity contribution is 9.10. The molecular weight excluding hydrogens is 280 g/mol. The lowest BCUT2D eigenvalue weighted by Crippen LogP contribution is -2.12. The van der Waals surface area contributed by atoms with Crippen molar-refractivity contribution in [2.75, 3.05) is 6.54 Å². The van der Waals surface area contributed by atoms with Gasteiger partial charge in [-0.25, -0.2) is 9.97 Å². The summed E-state index contributed by atoms with van der Waals surface area (Å²) >= 11 is 3.44. The number of nitrogens with zero attached hydrogens (tertiary/aromatic N) is 3. The fourth-order valence-corrected chi connectivity index (χ4v) is 1.82. The van der Waals surface area contributed by atoms with Crippen molar-refractivity contribution in [2.45, 2.75) is 13.5 Å². The van der Waals surface area contributed by atoms with E-state index in [4.69, 9.17) is 0 Å². The molecule has 1 N–H and O–H groups in total. The molecule has 0 aromatic carbocycles. The molecule has 2 heterocycles. The maximum atomic E-state index is 4.32. The predicted octanol–water partition coefficient (Wildman–Crippen LogP) is 2.41. The number of aromatic nitrogens is 3. The van der Waals surface area contributed by atoms with Crippen molar-refractivity contribution in [3.8, 4) is 11.5 Å². The van der Waals surface area contributed by atoms with Crippen molar-refractivity contribution in [3.63, 3.8) is 0 Å². The van der Waals surface area contributed by atoms with Gasteiger partial charge in [0.15, 0.2) is 5.82 Å². The van der Waals surface area contributed by atoms with Crippen molar-refractivity contribution in [1.29, 1.82) is 0 Å². The third-order valence-electron chi connectivity index (χ3n) is 2.25. The minimum atomic E-state index is 0.637. The Hall–Kier alpha value is -1.33. The molecule has 0 unspecified atom stereocenters. The Morgan fingerprint density at radius 2 is 2.00 bits per heavy atom. The van der Waals surface area contributed by atoms with E-state index in [9.17, 15) is 0 Å². The third-order valence-corrected chi connectivity index (χ3v) is 2.89. The molecule has 0 fully saturated rings. The second kappa shape index (κ2) is 5.84. The molecule has 2 aromatic heterocycles. The molecule has 0 aliphatic carbocycles. The van der Waals surface area contributed by atoms with Crippen molar-refractivity contribution in [1.82, 2.24) is 20.3 Å². The summed E-state index contributed by atoms with van der Waals surface area (Å²) in [6.45, 7) is 3.80. The average molecular weight is 293 g/mol. The van der Waals surface area contributed by atoms with E-state index in [1.54, 1.807) is 6.20 Å². The Bertz CT molecular complexity index is 484. The van der Waals surface area contributed by atoms with Crippen LogP contribution >= 0.6 is 15.9 Å². The Labute approximate surface area is 109 Å². The van der Waals surface area contributed by atoms with E-state index in [0.29, 0.717) is 5.82 Å². The summed E-state index contributed by atoms with van der Waals surface area (Å²) in [7, 11) is 0. The molecule has 0 radical (unpaired) electrons. The van der Waals surface area contributed by atoms with Crippen LogP contribution in [0.4, 0.5) is 0 Å². The molecule has 0 amide bonds. The summed E-state index contributed by atoms with van der Waals surface area (Å²) in [4.78, 5) is 12.9. The SMILES string of the molecule is CCNCc1cnc(-c2ncccc2Br)nc1. The van der Waals surface area contributed by atoms with Crippen molar-refractivity contribution in [2.24, 2.45) is 0 Å². The van der Waals surface area contributed by atoms with Gasteiger partial charge in [-0.1, -0.05) is 6.92 Å². The number of nitrogens with one attached hydrogen (secondary N) is 1. The number of pyridine rings is 1. The minimum Gasteiger partial charge on any atom is -0.313 e. The first kappa shape index (κ1) is 12.1. The molecule has 0 saturated carbocycles. The molecule has 5 heteroatoms. The smallest absolute Gasteiger partial charge is 0.179 e. The normalized spacial score (nSPS) is 10.5. The fourth-order valence-electron chi connectivity index (χ4n) is 1.39. The van der Waals surface area contributed by atoms with Crippen LogP contribution in [0.25, 0.3) is 11.5 Å². The fraction of sp³-hybridized carbons (Fsp3) is 0.250. The van der Waals surface area contributed by atoms with Gasteiger partial charge in [-0.15, -0.1) is 0 Å². The van der Waals surface area contributed by atoms with Gasteiger partial charge in [0.2, 0.25) is 0 Å². The molecule has 2 rings (SSSR count). The van der Waals surface area contributed by atoms with Crippen molar-refractivity contribution >= 4 is 15.9 Å². The highest BCUT2D eigenvalue weighted by Crippen LogP contribution is 2.21. The van der Waals surface area contributed by atoms with Gasteiger partial charge in [-0.05, 0) is 34.6 Å². The van der Waals surface area contributed by atoms with Crippen molar-refractivity contribution < 1.29 is 0 Å². The van der Waals surface area contributed by atoms with Crippen LogP contribution in [0.1, 0.15) is 12.5 Å². The Kier molecular flexibility index (Phi) is 4.17. The molecular formula is C12H13BrN4. The summed E-state index contributed by atoms with van der Waals surface area (Å²) in [5.74, 6) is 0.637. The molecule has 0 aliphatic heterocycles. The second-order valence-electron chi connectivity index (χ2n) is 3.53. The van der Waals surface area contributed by atoms with E-state index in [0.717, 1.165) is 28.8 Å². The van der Waals surface area contributed by atoms with Crippen molar-refractivity contribution in [3.05, 3.63) is 40.8 Å². The van der Waals surface area contributed by atoms with E-state index >= 15 is 0 Å². The third kappa shape index (κ3) is 3.08. The van der Waals surface area contributed by atoms with Crippen LogP contribution in [0.3, 0.4) is 0 Å². The number of hydrogen-bond donors (Lipinski definition) is 1. The molecule has 0 aliphatic rings. The number of hydrogen-bond acceptors (Lipinski definition) is 4. The van der Waals surface area contributed by atoms with Crippen LogP contribution in [-0.4, -0.2) is 21.5 Å². The van der Waals surface area contributed by atoms with Gasteiger partial charge < -0.3 is 5.32 Å². The van der Waals surface area contributed by atoms with Gasteiger partial charge in [0, 0.05) is 35.2 Å². The zero-order chi connectivity index (χ0) is 12.1. The van der Waals surface area contributed by atoms with Crippen LogP contribution in [0.15, 0.2) is 35.2 Å². The van der Waals surface area contributed by atoms with Gasteiger partial charge in [-0.2, -0.15) is 0 Å². The van der Waals surface area contributed by atoms with E-state index in [2.05, 4.69) is 43.1 Å². The quantitative estimate of drug-likeness (QED) is 0.940. The van der Waals surface area contributed by atoms with Crippen LogP contribution in [-0.2, 0) is 6.54 Å². The van der Waals surface area contributed by atoms with Crippen LogP contribution in [0.5, 0.6) is 0 Å². The van der Waals surface area contributed by atoms with Crippen LogP contribution < -0.4 is 5.32 Å². The highest BCUT2D eigenvalue weighted by atomic mass is 79.9. The van der Waals surface area contributed by atoms with Crippen LogP contribution in [0.2, 0.25) is 0 Å². The lowest BCUT2D eigenvalue weighted by Gasteiger charge is -2.04. The average Bonchev–Trinajstić information content (AvgIpc) is 2.38. The largest absolute Gasteiger partial charge is 0.313 e. The number of rotatable bonds is 4. The Morgan fingerprint density at radius 3 is 2.65 bits per heavy atom. The van der Waals surface area contributed by atoms with Gasteiger partial charge in [0.1, 0.15) is 5.69 Å².